The molecule has 98 valence electrons. The topological polar surface area (TPSA) is 57.6 Å². The van der Waals surface area contributed by atoms with Crippen molar-refractivity contribution in [3.05, 3.63) is 35.4 Å². The molecule has 0 saturated heterocycles. The van der Waals surface area contributed by atoms with Crippen molar-refractivity contribution in [3.63, 3.8) is 0 Å². The summed E-state index contributed by atoms with van der Waals surface area (Å²) in [6.07, 6.45) is 0. The summed E-state index contributed by atoms with van der Waals surface area (Å²) in [5.74, 6) is -3.39. The van der Waals surface area contributed by atoms with Gasteiger partial charge < -0.3 is 5.11 Å². The first-order chi connectivity index (χ1) is 8.32. The van der Waals surface area contributed by atoms with E-state index in [2.05, 4.69) is 0 Å². The van der Waals surface area contributed by atoms with Crippen LogP contribution in [0.15, 0.2) is 18.2 Å². The van der Waals surface area contributed by atoms with Crippen LogP contribution in [0.5, 0.6) is 0 Å². The van der Waals surface area contributed by atoms with Crippen molar-refractivity contribution >= 4 is 11.8 Å². The molecular weight excluding hydrogens is 244 g/mol. The van der Waals surface area contributed by atoms with E-state index in [0.29, 0.717) is 6.07 Å². The van der Waals surface area contributed by atoms with Gasteiger partial charge in [-0.15, -0.1) is 0 Å². The molecule has 1 atom stereocenters. The second-order valence-electron chi connectivity index (χ2n) is 3.97. The molecule has 1 rings (SSSR count). The fourth-order valence-corrected chi connectivity index (χ4v) is 1.46. The van der Waals surface area contributed by atoms with Gasteiger partial charge in [0.2, 0.25) is 0 Å². The molecule has 0 aromatic heterocycles. The van der Waals surface area contributed by atoms with Crippen molar-refractivity contribution in [1.29, 1.82) is 0 Å². The van der Waals surface area contributed by atoms with Crippen LogP contribution in [0.3, 0.4) is 0 Å². The zero-order valence-corrected chi connectivity index (χ0v) is 9.98. The van der Waals surface area contributed by atoms with E-state index in [4.69, 9.17) is 5.11 Å². The molecule has 0 fully saturated rings. The average molecular weight is 257 g/mol. The van der Waals surface area contributed by atoms with Gasteiger partial charge in [-0.25, -0.2) is 8.78 Å². The van der Waals surface area contributed by atoms with Crippen LogP contribution >= 0.6 is 0 Å². The fraction of sp³-hybridized carbons (Fsp3) is 0.333. The van der Waals surface area contributed by atoms with Crippen LogP contribution in [0.4, 0.5) is 8.78 Å². The first kappa shape index (κ1) is 14.2. The van der Waals surface area contributed by atoms with Crippen LogP contribution < -0.4 is 0 Å². The van der Waals surface area contributed by atoms with E-state index < -0.39 is 29.4 Å². The molecule has 1 aromatic rings. The lowest BCUT2D eigenvalue weighted by atomic mass is 10.0. The SMILES string of the molecule is CC(C(=O)c1ccc(F)cc1F)N(C)CC(=O)O. The summed E-state index contributed by atoms with van der Waals surface area (Å²) in [5, 5.41) is 8.60. The maximum Gasteiger partial charge on any atom is 0.317 e. The van der Waals surface area contributed by atoms with Crippen molar-refractivity contribution in [2.75, 3.05) is 13.6 Å². The number of ketones is 1. The van der Waals surface area contributed by atoms with E-state index in [1.807, 2.05) is 0 Å². The summed E-state index contributed by atoms with van der Waals surface area (Å²) in [6.45, 7) is 1.13. The Morgan fingerprint density at radius 2 is 2.00 bits per heavy atom. The Bertz CT molecular complexity index is 476. The number of aliphatic carboxylic acids is 1. The largest absolute Gasteiger partial charge is 0.480 e. The molecule has 0 spiro atoms. The lowest BCUT2D eigenvalue weighted by Gasteiger charge is -2.21. The molecule has 0 aliphatic heterocycles. The Labute approximate surface area is 103 Å². The molecule has 0 heterocycles. The molecule has 1 N–H and O–H groups in total. The van der Waals surface area contributed by atoms with Crippen LogP contribution in [0.1, 0.15) is 17.3 Å². The maximum atomic E-state index is 13.4. The van der Waals surface area contributed by atoms with Crippen molar-refractivity contribution in [2.24, 2.45) is 0 Å². The van der Waals surface area contributed by atoms with Gasteiger partial charge in [-0.05, 0) is 26.1 Å². The van der Waals surface area contributed by atoms with E-state index in [1.54, 1.807) is 0 Å². The lowest BCUT2D eigenvalue weighted by Crippen LogP contribution is -2.39. The number of nitrogens with zero attached hydrogens (tertiary/aromatic N) is 1. The minimum Gasteiger partial charge on any atom is -0.480 e. The molecule has 0 bridgehead atoms. The van der Waals surface area contributed by atoms with Gasteiger partial charge in [0.25, 0.3) is 0 Å². The molecule has 0 aliphatic rings. The standard InChI is InChI=1S/C12H13F2NO3/c1-7(15(2)6-11(16)17)12(18)9-4-3-8(13)5-10(9)14/h3-5,7H,6H2,1-2H3,(H,16,17). The van der Waals surface area contributed by atoms with Gasteiger partial charge in [0, 0.05) is 6.07 Å². The number of halogens is 2. The number of carboxylic acid groups (broad SMARTS) is 1. The Kier molecular flexibility index (Phi) is 4.49. The number of carboxylic acids is 1. The van der Waals surface area contributed by atoms with E-state index in [-0.39, 0.29) is 12.1 Å². The summed E-state index contributed by atoms with van der Waals surface area (Å²) < 4.78 is 26.1. The summed E-state index contributed by atoms with van der Waals surface area (Å²) in [7, 11) is 1.44. The normalized spacial score (nSPS) is 12.5. The highest BCUT2D eigenvalue weighted by Crippen LogP contribution is 2.13. The summed E-state index contributed by atoms with van der Waals surface area (Å²) >= 11 is 0. The first-order valence-electron chi connectivity index (χ1n) is 5.24. The van der Waals surface area contributed by atoms with Crippen LogP contribution in [0.2, 0.25) is 0 Å². The molecule has 0 saturated carbocycles. The van der Waals surface area contributed by atoms with E-state index in [1.165, 1.54) is 18.9 Å². The number of hydrogen-bond acceptors (Lipinski definition) is 3. The third kappa shape index (κ3) is 3.33. The fourth-order valence-electron chi connectivity index (χ4n) is 1.46. The second-order valence-corrected chi connectivity index (χ2v) is 3.97. The number of Topliss-reactive ketones (excluding diaryl/α,β-unsaturated/α-hetero) is 1. The summed E-state index contributed by atoms with van der Waals surface area (Å²) in [6, 6.07) is 1.86. The van der Waals surface area contributed by atoms with Crippen LogP contribution in [0, 0.1) is 11.6 Å². The van der Waals surface area contributed by atoms with Crippen molar-refractivity contribution in [2.45, 2.75) is 13.0 Å². The molecule has 1 unspecified atom stereocenters. The Balaban J connectivity index is 2.89. The molecule has 1 aromatic carbocycles. The van der Waals surface area contributed by atoms with Gasteiger partial charge in [-0.2, -0.15) is 0 Å². The third-order valence-corrected chi connectivity index (χ3v) is 2.62. The smallest absolute Gasteiger partial charge is 0.317 e. The number of likely N-dealkylation sites (N-methyl/N-ethyl adjacent to an activating group) is 1. The molecule has 0 aliphatic carbocycles. The minimum atomic E-state index is -1.09. The van der Waals surface area contributed by atoms with Gasteiger partial charge in [-0.3, -0.25) is 14.5 Å². The van der Waals surface area contributed by atoms with Crippen molar-refractivity contribution in [3.8, 4) is 0 Å². The van der Waals surface area contributed by atoms with Gasteiger partial charge in [0.15, 0.2) is 5.78 Å². The highest BCUT2D eigenvalue weighted by Gasteiger charge is 2.23. The highest BCUT2D eigenvalue weighted by atomic mass is 19.1. The highest BCUT2D eigenvalue weighted by molar-refractivity contribution is 6.00. The Morgan fingerprint density at radius 1 is 1.39 bits per heavy atom. The predicted octanol–water partition coefficient (Wildman–Crippen LogP) is 1.55. The maximum absolute atomic E-state index is 13.4. The van der Waals surface area contributed by atoms with Crippen LogP contribution in [-0.4, -0.2) is 41.4 Å². The van der Waals surface area contributed by atoms with Gasteiger partial charge >= 0.3 is 5.97 Å². The quantitative estimate of drug-likeness (QED) is 0.813. The number of benzene rings is 1. The van der Waals surface area contributed by atoms with Crippen molar-refractivity contribution < 1.29 is 23.5 Å². The first-order valence-corrected chi connectivity index (χ1v) is 5.24. The average Bonchev–Trinajstić information content (AvgIpc) is 2.26. The number of rotatable bonds is 5. The summed E-state index contributed by atoms with van der Waals surface area (Å²) in [5.41, 5.74) is -0.249. The molecule has 6 heteroatoms. The van der Waals surface area contributed by atoms with Crippen molar-refractivity contribution in [1.82, 2.24) is 4.90 Å². The molecule has 4 nitrogen and oxygen atoms in total. The third-order valence-electron chi connectivity index (χ3n) is 2.62. The lowest BCUT2D eigenvalue weighted by molar-refractivity contribution is -0.138. The molecule has 18 heavy (non-hydrogen) atoms. The molecule has 0 amide bonds. The molecular formula is C12H13F2NO3. The Hall–Kier alpha value is -1.82. The van der Waals surface area contributed by atoms with Gasteiger partial charge in [0.1, 0.15) is 11.6 Å². The van der Waals surface area contributed by atoms with Crippen LogP contribution in [0.25, 0.3) is 0 Å². The van der Waals surface area contributed by atoms with Gasteiger partial charge in [0.05, 0.1) is 18.2 Å². The zero-order chi connectivity index (χ0) is 13.9. The Morgan fingerprint density at radius 3 is 2.50 bits per heavy atom. The number of hydrogen-bond donors (Lipinski definition) is 1. The van der Waals surface area contributed by atoms with E-state index in [0.717, 1.165) is 12.1 Å². The number of carbonyl (C=O) groups is 2. The van der Waals surface area contributed by atoms with Gasteiger partial charge in [-0.1, -0.05) is 0 Å². The predicted molar refractivity (Wildman–Crippen MR) is 60.4 cm³/mol. The molecule has 0 radical (unpaired) electrons. The minimum absolute atomic E-state index is 0.249. The van der Waals surface area contributed by atoms with E-state index >= 15 is 0 Å². The second kappa shape index (κ2) is 5.68. The number of carbonyl (C=O) groups excluding carboxylic acids is 1. The van der Waals surface area contributed by atoms with Crippen LogP contribution in [-0.2, 0) is 4.79 Å². The monoisotopic (exact) mass is 257 g/mol. The van der Waals surface area contributed by atoms with E-state index in [9.17, 15) is 18.4 Å². The summed E-state index contributed by atoms with van der Waals surface area (Å²) in [4.78, 5) is 23.7. The zero-order valence-electron chi connectivity index (χ0n) is 9.98.